The van der Waals surface area contributed by atoms with Crippen LogP contribution in [-0.2, 0) is 0 Å². The molecule has 1 aromatic carbocycles. The summed E-state index contributed by atoms with van der Waals surface area (Å²) in [7, 11) is 0. The average Bonchev–Trinajstić information content (AvgIpc) is 2.57. The van der Waals surface area contributed by atoms with Crippen LogP contribution in [0.4, 0.5) is 0 Å². The Hall–Kier alpha value is -1.18. The Morgan fingerprint density at radius 1 is 1.00 bits per heavy atom. The van der Waals surface area contributed by atoms with Gasteiger partial charge in [-0.1, -0.05) is 24.3 Å². The van der Waals surface area contributed by atoms with Crippen molar-refractivity contribution in [3.8, 4) is 0 Å². The fraction of sp³-hybridized carbons (Fsp3) is 0.400. The molecule has 3 aliphatic rings. The van der Waals surface area contributed by atoms with E-state index in [1.807, 2.05) is 0 Å². The Balaban J connectivity index is 2.05. The van der Waals surface area contributed by atoms with Gasteiger partial charge in [-0.2, -0.15) is 10.2 Å². The zero-order valence-electron chi connectivity index (χ0n) is 6.51. The standard InChI is InChI=1S/C10H8N2/c1-2-4-6-5(3-1)7-8-9(6)11-12-10(7)8/h1-4,7-10H. The first-order valence-corrected chi connectivity index (χ1v) is 4.45. The van der Waals surface area contributed by atoms with E-state index in [1.165, 1.54) is 11.1 Å². The zero-order chi connectivity index (χ0) is 7.71. The topological polar surface area (TPSA) is 24.7 Å². The van der Waals surface area contributed by atoms with Gasteiger partial charge in [-0.3, -0.25) is 0 Å². The molecule has 58 valence electrons. The van der Waals surface area contributed by atoms with Crippen molar-refractivity contribution in [2.45, 2.75) is 18.0 Å². The van der Waals surface area contributed by atoms with Gasteiger partial charge in [0.15, 0.2) is 0 Å². The summed E-state index contributed by atoms with van der Waals surface area (Å²) < 4.78 is 0. The highest BCUT2D eigenvalue weighted by atomic mass is 15.3. The Morgan fingerprint density at radius 3 is 2.75 bits per heavy atom. The quantitative estimate of drug-likeness (QED) is 0.550. The molecule has 1 saturated carbocycles. The lowest BCUT2D eigenvalue weighted by atomic mass is 10.0. The van der Waals surface area contributed by atoms with Gasteiger partial charge in [0, 0.05) is 11.8 Å². The third-order valence-corrected chi connectivity index (χ3v) is 3.40. The minimum absolute atomic E-state index is 0.427. The molecule has 0 saturated heterocycles. The molecular weight excluding hydrogens is 148 g/mol. The van der Waals surface area contributed by atoms with Crippen molar-refractivity contribution < 1.29 is 0 Å². The van der Waals surface area contributed by atoms with Gasteiger partial charge in [0.2, 0.25) is 0 Å². The lowest BCUT2D eigenvalue weighted by Gasteiger charge is -2.03. The number of hydrogen-bond acceptors (Lipinski definition) is 2. The predicted octanol–water partition coefficient (Wildman–Crippen LogP) is 2.29. The first kappa shape index (κ1) is 5.46. The molecular formula is C10H8N2. The van der Waals surface area contributed by atoms with Crippen LogP contribution in [0.25, 0.3) is 0 Å². The van der Waals surface area contributed by atoms with E-state index in [1.54, 1.807) is 0 Å². The van der Waals surface area contributed by atoms with E-state index in [2.05, 4.69) is 34.5 Å². The number of fused-ring (bicyclic) bond motifs is 4. The number of azo groups is 1. The molecule has 1 aliphatic heterocycles. The van der Waals surface area contributed by atoms with Crippen molar-refractivity contribution in [2.24, 2.45) is 16.1 Å². The molecule has 4 atom stereocenters. The maximum absolute atomic E-state index is 4.29. The van der Waals surface area contributed by atoms with Crippen LogP contribution in [-0.4, -0.2) is 6.04 Å². The van der Waals surface area contributed by atoms with E-state index >= 15 is 0 Å². The van der Waals surface area contributed by atoms with E-state index in [9.17, 15) is 0 Å². The van der Waals surface area contributed by atoms with Gasteiger partial charge in [0.05, 0.1) is 6.04 Å². The van der Waals surface area contributed by atoms with Crippen molar-refractivity contribution in [3.63, 3.8) is 0 Å². The molecule has 1 fully saturated rings. The van der Waals surface area contributed by atoms with Crippen LogP contribution in [0.3, 0.4) is 0 Å². The summed E-state index contributed by atoms with van der Waals surface area (Å²) >= 11 is 0. The molecule has 1 aromatic rings. The zero-order valence-corrected chi connectivity index (χ0v) is 6.51. The summed E-state index contributed by atoms with van der Waals surface area (Å²) in [6.45, 7) is 0. The Kier molecular flexibility index (Phi) is 0.668. The summed E-state index contributed by atoms with van der Waals surface area (Å²) in [4.78, 5) is 0. The minimum Gasteiger partial charge on any atom is -0.189 e. The molecule has 4 unspecified atom stereocenters. The maximum atomic E-state index is 4.29. The third kappa shape index (κ3) is 0.398. The number of nitrogens with zero attached hydrogens (tertiary/aromatic N) is 2. The number of hydrogen-bond donors (Lipinski definition) is 0. The van der Waals surface area contributed by atoms with Crippen LogP contribution in [0.2, 0.25) is 0 Å². The van der Waals surface area contributed by atoms with E-state index in [4.69, 9.17) is 0 Å². The number of rotatable bonds is 0. The largest absolute Gasteiger partial charge is 0.189 e. The summed E-state index contributed by atoms with van der Waals surface area (Å²) in [6.07, 6.45) is 0. The molecule has 12 heavy (non-hydrogen) atoms. The summed E-state index contributed by atoms with van der Waals surface area (Å²) in [5, 5.41) is 8.57. The van der Waals surface area contributed by atoms with Crippen molar-refractivity contribution >= 4 is 0 Å². The highest BCUT2D eigenvalue weighted by Crippen LogP contribution is 2.67. The monoisotopic (exact) mass is 156 g/mol. The molecule has 0 spiro atoms. The molecule has 2 nitrogen and oxygen atoms in total. The molecule has 1 heterocycles. The maximum Gasteiger partial charge on any atom is 0.102 e. The van der Waals surface area contributed by atoms with Gasteiger partial charge in [-0.25, -0.2) is 0 Å². The molecule has 2 heteroatoms. The fourth-order valence-corrected chi connectivity index (χ4v) is 2.82. The highest BCUT2D eigenvalue weighted by molar-refractivity contribution is 5.49. The summed E-state index contributed by atoms with van der Waals surface area (Å²) in [6, 6.07) is 9.66. The Labute approximate surface area is 70.3 Å². The van der Waals surface area contributed by atoms with Gasteiger partial charge < -0.3 is 0 Å². The first-order chi connectivity index (χ1) is 5.97. The van der Waals surface area contributed by atoms with Crippen LogP contribution in [0, 0.1) is 5.92 Å². The van der Waals surface area contributed by atoms with Crippen LogP contribution in [0.1, 0.15) is 23.1 Å². The molecule has 0 N–H and O–H groups in total. The molecule has 0 bridgehead atoms. The summed E-state index contributed by atoms with van der Waals surface area (Å²) in [5.74, 6) is 1.49. The fourth-order valence-electron chi connectivity index (χ4n) is 2.82. The van der Waals surface area contributed by atoms with Crippen LogP contribution < -0.4 is 0 Å². The number of benzene rings is 1. The van der Waals surface area contributed by atoms with Gasteiger partial charge in [-0.05, 0) is 11.1 Å². The first-order valence-electron chi connectivity index (χ1n) is 4.45. The van der Waals surface area contributed by atoms with Crippen molar-refractivity contribution in [1.82, 2.24) is 0 Å². The molecule has 0 radical (unpaired) electrons. The Morgan fingerprint density at radius 2 is 1.83 bits per heavy atom. The molecule has 2 aliphatic carbocycles. The second-order valence-corrected chi connectivity index (χ2v) is 3.90. The van der Waals surface area contributed by atoms with Crippen LogP contribution >= 0.6 is 0 Å². The minimum atomic E-state index is 0.427. The van der Waals surface area contributed by atoms with E-state index in [0.717, 1.165) is 11.8 Å². The summed E-state index contributed by atoms with van der Waals surface area (Å²) in [5.41, 5.74) is 2.95. The average molecular weight is 156 g/mol. The molecule has 0 amide bonds. The van der Waals surface area contributed by atoms with E-state index in [0.29, 0.717) is 12.1 Å². The van der Waals surface area contributed by atoms with Gasteiger partial charge in [-0.15, -0.1) is 0 Å². The van der Waals surface area contributed by atoms with Gasteiger partial charge in [0.25, 0.3) is 0 Å². The molecule has 0 aromatic heterocycles. The molecule has 4 rings (SSSR count). The van der Waals surface area contributed by atoms with Gasteiger partial charge in [0.1, 0.15) is 6.04 Å². The Bertz CT molecular complexity index is 397. The van der Waals surface area contributed by atoms with Crippen LogP contribution in [0.5, 0.6) is 0 Å². The predicted molar refractivity (Wildman–Crippen MR) is 44.1 cm³/mol. The lowest BCUT2D eigenvalue weighted by molar-refractivity contribution is 0.677. The smallest absolute Gasteiger partial charge is 0.102 e. The second-order valence-electron chi connectivity index (χ2n) is 3.90. The van der Waals surface area contributed by atoms with Crippen LogP contribution in [0.15, 0.2) is 34.5 Å². The normalized spacial score (nSPS) is 44.3. The second kappa shape index (κ2) is 1.47. The van der Waals surface area contributed by atoms with Gasteiger partial charge >= 0.3 is 0 Å². The van der Waals surface area contributed by atoms with Crippen molar-refractivity contribution in [1.29, 1.82) is 0 Å². The highest BCUT2D eigenvalue weighted by Gasteiger charge is 2.64. The lowest BCUT2D eigenvalue weighted by Crippen LogP contribution is -1.93. The van der Waals surface area contributed by atoms with Crippen molar-refractivity contribution in [2.75, 3.05) is 0 Å². The SMILES string of the molecule is c1ccc2c(c1)C1N=NC3C2C13. The van der Waals surface area contributed by atoms with E-state index < -0.39 is 0 Å². The third-order valence-electron chi connectivity index (χ3n) is 3.40. The van der Waals surface area contributed by atoms with E-state index in [-0.39, 0.29) is 0 Å². The van der Waals surface area contributed by atoms with Crippen molar-refractivity contribution in [3.05, 3.63) is 35.4 Å².